The SMILES string of the molecule is c1ccc(-c2cc(-c3ccccc3)nc(-c3ccc4c(c3)c3sc5ccncc5c3n4-c3ccccc3)n2)cc1. The quantitative estimate of drug-likeness (QED) is 0.228. The molecule has 0 bridgehead atoms. The first kappa shape index (κ1) is 22.8. The molecule has 4 heterocycles. The number of benzene rings is 4. The Morgan fingerprint density at radius 2 is 1.23 bits per heavy atom. The van der Waals surface area contributed by atoms with Gasteiger partial charge in [-0.2, -0.15) is 0 Å². The lowest BCUT2D eigenvalue weighted by Gasteiger charge is -2.10. The average Bonchev–Trinajstić information content (AvgIpc) is 3.56. The van der Waals surface area contributed by atoms with Crippen molar-refractivity contribution in [1.82, 2.24) is 19.5 Å². The number of hydrogen-bond acceptors (Lipinski definition) is 4. The Labute approximate surface area is 234 Å². The van der Waals surface area contributed by atoms with E-state index in [-0.39, 0.29) is 0 Å². The highest BCUT2D eigenvalue weighted by atomic mass is 32.1. The van der Waals surface area contributed by atoms with Crippen LogP contribution in [0.3, 0.4) is 0 Å². The highest BCUT2D eigenvalue weighted by molar-refractivity contribution is 7.26. The van der Waals surface area contributed by atoms with Crippen LogP contribution in [0.15, 0.2) is 134 Å². The number of pyridine rings is 1. The van der Waals surface area contributed by atoms with Crippen LogP contribution in [0.5, 0.6) is 0 Å². The fourth-order valence-corrected chi connectivity index (χ4v) is 6.62. The molecule has 0 amide bonds. The van der Waals surface area contributed by atoms with E-state index in [1.165, 1.54) is 20.3 Å². The standard InChI is InChI=1S/C35H22N4S/c1-4-10-23(11-5-1)29-21-30(24-12-6-2-7-13-24)38-35(37-29)25-16-17-31-27(20-25)34-33(28-22-36-19-18-32(28)40-34)39(31)26-14-8-3-9-15-26/h1-22H. The number of para-hydroxylation sites is 1. The van der Waals surface area contributed by atoms with Gasteiger partial charge in [0.1, 0.15) is 0 Å². The fourth-order valence-electron chi connectivity index (χ4n) is 5.44. The smallest absolute Gasteiger partial charge is 0.160 e. The summed E-state index contributed by atoms with van der Waals surface area (Å²) in [6.45, 7) is 0. The number of aromatic nitrogens is 4. The van der Waals surface area contributed by atoms with Gasteiger partial charge in [-0.15, -0.1) is 11.3 Å². The van der Waals surface area contributed by atoms with E-state index in [1.807, 2.05) is 60.1 Å². The van der Waals surface area contributed by atoms with Crippen LogP contribution in [0.4, 0.5) is 0 Å². The van der Waals surface area contributed by atoms with Crippen molar-refractivity contribution >= 4 is 42.5 Å². The lowest BCUT2D eigenvalue weighted by atomic mass is 10.1. The van der Waals surface area contributed by atoms with E-state index in [9.17, 15) is 0 Å². The van der Waals surface area contributed by atoms with E-state index in [2.05, 4.69) is 94.5 Å². The number of fused-ring (bicyclic) bond motifs is 5. The summed E-state index contributed by atoms with van der Waals surface area (Å²) in [5.41, 5.74) is 8.42. The third kappa shape index (κ3) is 3.71. The molecule has 0 saturated heterocycles. The van der Waals surface area contributed by atoms with Crippen LogP contribution < -0.4 is 0 Å². The molecule has 4 aromatic heterocycles. The van der Waals surface area contributed by atoms with Crippen molar-refractivity contribution in [1.29, 1.82) is 0 Å². The molecule has 0 aliphatic heterocycles. The summed E-state index contributed by atoms with van der Waals surface area (Å²) >= 11 is 1.81. The van der Waals surface area contributed by atoms with Gasteiger partial charge in [0.2, 0.25) is 0 Å². The molecule has 40 heavy (non-hydrogen) atoms. The largest absolute Gasteiger partial charge is 0.308 e. The maximum atomic E-state index is 5.07. The Kier molecular flexibility index (Phi) is 5.28. The Bertz CT molecular complexity index is 2090. The van der Waals surface area contributed by atoms with Crippen LogP contribution >= 0.6 is 11.3 Å². The van der Waals surface area contributed by atoms with Gasteiger partial charge >= 0.3 is 0 Å². The van der Waals surface area contributed by atoms with E-state index in [0.717, 1.165) is 44.7 Å². The van der Waals surface area contributed by atoms with Crippen molar-refractivity contribution in [2.45, 2.75) is 0 Å². The van der Waals surface area contributed by atoms with E-state index < -0.39 is 0 Å². The normalized spacial score (nSPS) is 11.5. The summed E-state index contributed by atoms with van der Waals surface area (Å²) in [5.74, 6) is 0.713. The summed E-state index contributed by atoms with van der Waals surface area (Å²) in [4.78, 5) is 14.6. The molecule has 0 aliphatic rings. The Hall–Kier alpha value is -5.13. The minimum absolute atomic E-state index is 0.713. The summed E-state index contributed by atoms with van der Waals surface area (Å²) in [7, 11) is 0. The zero-order valence-electron chi connectivity index (χ0n) is 21.4. The van der Waals surface area contributed by atoms with Crippen molar-refractivity contribution in [3.63, 3.8) is 0 Å². The molecule has 0 N–H and O–H groups in total. The van der Waals surface area contributed by atoms with Gasteiger partial charge in [-0.1, -0.05) is 78.9 Å². The third-order valence-corrected chi connectivity index (χ3v) is 8.50. The first-order valence-electron chi connectivity index (χ1n) is 13.2. The number of thiophene rings is 1. The molecular formula is C35H22N4S. The summed E-state index contributed by atoms with van der Waals surface area (Å²) in [6, 6.07) is 41.9. The molecule has 0 aliphatic carbocycles. The highest BCUT2D eigenvalue weighted by Crippen LogP contribution is 2.43. The van der Waals surface area contributed by atoms with Crippen LogP contribution in [0.25, 0.3) is 70.8 Å². The molecular weight excluding hydrogens is 508 g/mol. The van der Waals surface area contributed by atoms with Crippen molar-refractivity contribution < 1.29 is 0 Å². The molecule has 8 rings (SSSR count). The topological polar surface area (TPSA) is 43.6 Å². The van der Waals surface area contributed by atoms with Gasteiger partial charge in [-0.25, -0.2) is 9.97 Å². The zero-order valence-corrected chi connectivity index (χ0v) is 22.2. The van der Waals surface area contributed by atoms with E-state index in [1.54, 1.807) is 0 Å². The first-order chi connectivity index (χ1) is 19.8. The third-order valence-electron chi connectivity index (χ3n) is 7.31. The van der Waals surface area contributed by atoms with Crippen LogP contribution in [-0.4, -0.2) is 19.5 Å². The Morgan fingerprint density at radius 1 is 0.575 bits per heavy atom. The van der Waals surface area contributed by atoms with Crippen LogP contribution in [0, 0.1) is 0 Å². The van der Waals surface area contributed by atoms with E-state index >= 15 is 0 Å². The fraction of sp³-hybridized carbons (Fsp3) is 0. The monoisotopic (exact) mass is 530 g/mol. The second-order valence-corrected chi connectivity index (χ2v) is 10.8. The van der Waals surface area contributed by atoms with Gasteiger partial charge in [0.25, 0.3) is 0 Å². The predicted molar refractivity (Wildman–Crippen MR) is 166 cm³/mol. The van der Waals surface area contributed by atoms with Crippen LogP contribution in [0.2, 0.25) is 0 Å². The lowest BCUT2D eigenvalue weighted by molar-refractivity contribution is 1.18. The molecule has 5 heteroatoms. The van der Waals surface area contributed by atoms with Crippen molar-refractivity contribution in [2.24, 2.45) is 0 Å². The van der Waals surface area contributed by atoms with Gasteiger partial charge in [0, 0.05) is 50.2 Å². The minimum Gasteiger partial charge on any atom is -0.308 e. The van der Waals surface area contributed by atoms with Gasteiger partial charge < -0.3 is 4.57 Å². The van der Waals surface area contributed by atoms with Crippen molar-refractivity contribution in [3.05, 3.63) is 134 Å². The average molecular weight is 531 g/mol. The molecule has 4 nitrogen and oxygen atoms in total. The van der Waals surface area contributed by atoms with E-state index in [4.69, 9.17) is 9.97 Å². The van der Waals surface area contributed by atoms with Crippen molar-refractivity contribution in [3.8, 4) is 39.6 Å². The van der Waals surface area contributed by atoms with Gasteiger partial charge in [0.15, 0.2) is 5.82 Å². The molecule has 0 fully saturated rings. The predicted octanol–water partition coefficient (Wildman–Crippen LogP) is 9.18. The summed E-state index contributed by atoms with van der Waals surface area (Å²) in [6.07, 6.45) is 3.85. The Morgan fingerprint density at radius 3 is 1.90 bits per heavy atom. The highest BCUT2D eigenvalue weighted by Gasteiger charge is 2.19. The molecule has 0 saturated carbocycles. The number of hydrogen-bond donors (Lipinski definition) is 0. The summed E-state index contributed by atoms with van der Waals surface area (Å²) < 4.78 is 4.82. The minimum atomic E-state index is 0.713. The van der Waals surface area contributed by atoms with Gasteiger partial charge in [-0.05, 0) is 42.5 Å². The molecule has 0 unspecified atom stereocenters. The molecule has 8 aromatic rings. The van der Waals surface area contributed by atoms with Crippen LogP contribution in [0.1, 0.15) is 0 Å². The molecule has 0 radical (unpaired) electrons. The maximum absolute atomic E-state index is 5.07. The number of nitrogens with zero attached hydrogens (tertiary/aromatic N) is 4. The van der Waals surface area contributed by atoms with Gasteiger partial charge in [0.05, 0.1) is 27.1 Å². The zero-order chi connectivity index (χ0) is 26.5. The van der Waals surface area contributed by atoms with Crippen molar-refractivity contribution in [2.75, 3.05) is 0 Å². The molecule has 4 aromatic carbocycles. The first-order valence-corrected chi connectivity index (χ1v) is 14.0. The van der Waals surface area contributed by atoms with Crippen LogP contribution in [-0.2, 0) is 0 Å². The van der Waals surface area contributed by atoms with E-state index in [0.29, 0.717) is 5.82 Å². The maximum Gasteiger partial charge on any atom is 0.160 e. The number of rotatable bonds is 4. The molecule has 0 spiro atoms. The second-order valence-electron chi connectivity index (χ2n) is 9.75. The Balaban J connectivity index is 1.40. The molecule has 0 atom stereocenters. The second kappa shape index (κ2) is 9.26. The van der Waals surface area contributed by atoms with Gasteiger partial charge in [-0.3, -0.25) is 4.98 Å². The lowest BCUT2D eigenvalue weighted by Crippen LogP contribution is -1.96. The molecule has 188 valence electrons. The summed E-state index contributed by atoms with van der Waals surface area (Å²) in [5, 5.41) is 2.35.